The summed E-state index contributed by atoms with van der Waals surface area (Å²) in [6.45, 7) is 3.09. The number of nitrogens with zero attached hydrogens (tertiary/aromatic N) is 4. The van der Waals surface area contributed by atoms with Gasteiger partial charge in [0.25, 0.3) is 11.6 Å². The van der Waals surface area contributed by atoms with Crippen LogP contribution < -0.4 is 19.6 Å². The van der Waals surface area contributed by atoms with Gasteiger partial charge in [-0.15, -0.1) is 0 Å². The second-order valence-corrected chi connectivity index (χ2v) is 7.72. The van der Waals surface area contributed by atoms with Crippen molar-refractivity contribution in [2.24, 2.45) is 5.10 Å². The second-order valence-electron chi connectivity index (χ2n) is 7.72. The Hall–Kier alpha value is -5.60. The number of carbonyl (C=O) groups is 1. The molecule has 15 heteroatoms. The molecule has 0 atom stereocenters. The van der Waals surface area contributed by atoms with E-state index in [0.29, 0.717) is 11.1 Å². The molecule has 1 amide bonds. The van der Waals surface area contributed by atoms with E-state index < -0.39 is 38.7 Å². The van der Waals surface area contributed by atoms with Gasteiger partial charge in [-0.2, -0.15) is 5.10 Å². The van der Waals surface area contributed by atoms with E-state index in [-0.39, 0.29) is 35.3 Å². The summed E-state index contributed by atoms with van der Waals surface area (Å²) < 4.78 is 16.4. The van der Waals surface area contributed by atoms with Gasteiger partial charge in [-0.25, -0.2) is 5.43 Å². The van der Waals surface area contributed by atoms with Crippen molar-refractivity contribution < 1.29 is 33.8 Å². The van der Waals surface area contributed by atoms with Gasteiger partial charge in [0.1, 0.15) is 0 Å². The topological polar surface area (TPSA) is 199 Å². The second kappa shape index (κ2) is 12.6. The zero-order valence-corrected chi connectivity index (χ0v) is 20.6. The Bertz CT molecular complexity index is 1460. The van der Waals surface area contributed by atoms with Gasteiger partial charge in [0.15, 0.2) is 23.9 Å². The number of benzene rings is 3. The maximum Gasteiger partial charge on any atom is 0.318 e. The Balaban J connectivity index is 1.69. The van der Waals surface area contributed by atoms with Crippen LogP contribution in [0.4, 0.5) is 17.1 Å². The average Bonchev–Trinajstić information content (AvgIpc) is 2.89. The Morgan fingerprint density at radius 1 is 0.846 bits per heavy atom. The van der Waals surface area contributed by atoms with Crippen LogP contribution in [0.5, 0.6) is 23.0 Å². The molecule has 0 unspecified atom stereocenters. The molecule has 0 fully saturated rings. The Morgan fingerprint density at radius 2 is 1.51 bits per heavy atom. The fraction of sp³-hybridized carbons (Fsp3) is 0.167. The molecule has 3 rings (SSSR count). The molecular formula is C24H21N5O10. The first-order valence-corrected chi connectivity index (χ1v) is 11.2. The molecular weight excluding hydrogens is 518 g/mol. The summed E-state index contributed by atoms with van der Waals surface area (Å²) in [6, 6.07) is 11.8. The van der Waals surface area contributed by atoms with Gasteiger partial charge in [0.2, 0.25) is 5.75 Å². The van der Waals surface area contributed by atoms with E-state index in [2.05, 4.69) is 10.5 Å². The van der Waals surface area contributed by atoms with Crippen LogP contribution >= 0.6 is 0 Å². The van der Waals surface area contributed by atoms with Crippen molar-refractivity contribution in [2.75, 3.05) is 13.2 Å². The quantitative estimate of drug-likeness (QED) is 0.195. The molecule has 1 N–H and O–H groups in total. The number of non-ortho nitro benzene ring substituents is 1. The number of hydrogen-bond acceptors (Lipinski definition) is 11. The van der Waals surface area contributed by atoms with E-state index in [9.17, 15) is 35.1 Å². The number of nitro benzene ring substituents is 3. The van der Waals surface area contributed by atoms with Gasteiger partial charge in [0.05, 0.1) is 33.7 Å². The predicted molar refractivity (Wildman–Crippen MR) is 137 cm³/mol. The van der Waals surface area contributed by atoms with Crippen molar-refractivity contribution in [3.8, 4) is 23.0 Å². The highest BCUT2D eigenvalue weighted by atomic mass is 16.6. The van der Waals surface area contributed by atoms with Gasteiger partial charge in [0, 0.05) is 12.1 Å². The van der Waals surface area contributed by atoms with Crippen LogP contribution in [0.1, 0.15) is 18.1 Å². The lowest BCUT2D eigenvalue weighted by molar-refractivity contribution is -0.394. The molecule has 0 heterocycles. The van der Waals surface area contributed by atoms with Gasteiger partial charge < -0.3 is 14.2 Å². The van der Waals surface area contributed by atoms with Crippen molar-refractivity contribution in [3.05, 3.63) is 96.1 Å². The molecule has 0 aliphatic rings. The summed E-state index contributed by atoms with van der Waals surface area (Å²) in [6.07, 6.45) is 1.28. The van der Waals surface area contributed by atoms with E-state index in [1.165, 1.54) is 36.5 Å². The minimum atomic E-state index is -0.798. The largest absolute Gasteiger partial charge is 0.490 e. The number of aryl methyl sites for hydroxylation is 1. The zero-order valence-electron chi connectivity index (χ0n) is 20.6. The Labute approximate surface area is 220 Å². The van der Waals surface area contributed by atoms with Crippen LogP contribution in [0.15, 0.2) is 59.7 Å². The third-order valence-corrected chi connectivity index (χ3v) is 4.91. The third-order valence-electron chi connectivity index (χ3n) is 4.91. The fourth-order valence-corrected chi connectivity index (χ4v) is 3.17. The van der Waals surface area contributed by atoms with Crippen molar-refractivity contribution >= 4 is 29.2 Å². The number of carbonyl (C=O) groups excluding carboxylic acids is 1. The molecule has 0 aromatic heterocycles. The van der Waals surface area contributed by atoms with Crippen molar-refractivity contribution in [3.63, 3.8) is 0 Å². The highest BCUT2D eigenvalue weighted by Gasteiger charge is 2.22. The van der Waals surface area contributed by atoms with Crippen LogP contribution in [-0.2, 0) is 4.79 Å². The summed E-state index contributed by atoms with van der Waals surface area (Å²) in [5, 5.41) is 37.3. The molecule has 0 aliphatic heterocycles. The third kappa shape index (κ3) is 7.45. The highest BCUT2D eigenvalue weighted by Crippen LogP contribution is 2.38. The summed E-state index contributed by atoms with van der Waals surface area (Å²) >= 11 is 0. The van der Waals surface area contributed by atoms with E-state index in [4.69, 9.17) is 14.2 Å². The van der Waals surface area contributed by atoms with Crippen LogP contribution in [0.2, 0.25) is 0 Å². The smallest absolute Gasteiger partial charge is 0.318 e. The van der Waals surface area contributed by atoms with E-state index in [1.807, 2.05) is 0 Å². The van der Waals surface area contributed by atoms with Crippen LogP contribution in [0.3, 0.4) is 0 Å². The minimum Gasteiger partial charge on any atom is -0.490 e. The average molecular weight is 539 g/mol. The molecule has 0 radical (unpaired) electrons. The molecule has 3 aromatic rings. The van der Waals surface area contributed by atoms with Gasteiger partial charge >= 0.3 is 11.4 Å². The molecule has 39 heavy (non-hydrogen) atoms. The highest BCUT2D eigenvalue weighted by molar-refractivity contribution is 5.83. The van der Waals surface area contributed by atoms with Crippen molar-refractivity contribution in [1.82, 2.24) is 5.43 Å². The summed E-state index contributed by atoms with van der Waals surface area (Å²) in [5.41, 5.74) is 2.03. The van der Waals surface area contributed by atoms with Gasteiger partial charge in [-0.05, 0) is 55.3 Å². The Morgan fingerprint density at radius 3 is 2.18 bits per heavy atom. The standard InChI is InChI=1S/C24H21N5O10/c1-3-37-23-11-16(5-8-22(23)39-21-9-6-17(27(31)32)12-19(21)29(35)36)13-25-26-24(30)14-38-20-7-4-15(2)10-18(20)28(33)34/h4-13H,3,14H2,1-2H3,(H,26,30). The van der Waals surface area contributed by atoms with E-state index in [1.54, 1.807) is 19.9 Å². The lowest BCUT2D eigenvalue weighted by atomic mass is 10.2. The summed E-state index contributed by atoms with van der Waals surface area (Å²) in [4.78, 5) is 43.4. The molecule has 0 saturated carbocycles. The van der Waals surface area contributed by atoms with E-state index >= 15 is 0 Å². The maximum absolute atomic E-state index is 12.1. The molecule has 202 valence electrons. The zero-order chi connectivity index (χ0) is 28.5. The number of hydrogen-bond donors (Lipinski definition) is 1. The number of nitrogens with one attached hydrogen (secondary N) is 1. The molecule has 0 spiro atoms. The number of ether oxygens (including phenoxy) is 3. The number of amides is 1. The van der Waals surface area contributed by atoms with Crippen LogP contribution in [-0.4, -0.2) is 40.1 Å². The summed E-state index contributed by atoms with van der Waals surface area (Å²) in [5.74, 6) is -0.668. The monoisotopic (exact) mass is 539 g/mol. The first-order chi connectivity index (χ1) is 18.6. The maximum atomic E-state index is 12.1. The summed E-state index contributed by atoms with van der Waals surface area (Å²) in [7, 11) is 0. The number of rotatable bonds is 12. The SMILES string of the molecule is CCOc1cc(C=NNC(=O)COc2ccc(C)cc2[N+](=O)[O-])ccc1Oc1ccc([N+](=O)[O-])cc1[N+](=O)[O-]. The lowest BCUT2D eigenvalue weighted by Gasteiger charge is -2.12. The molecule has 15 nitrogen and oxygen atoms in total. The Kier molecular flexibility index (Phi) is 9.02. The number of hydrazone groups is 1. The fourth-order valence-electron chi connectivity index (χ4n) is 3.17. The predicted octanol–water partition coefficient (Wildman–Crippen LogP) is 4.44. The van der Waals surface area contributed by atoms with Gasteiger partial charge in [-0.1, -0.05) is 6.07 Å². The van der Waals surface area contributed by atoms with Crippen LogP contribution in [0, 0.1) is 37.3 Å². The first kappa shape index (κ1) is 28.0. The first-order valence-electron chi connectivity index (χ1n) is 11.2. The minimum absolute atomic E-state index is 0.0602. The van der Waals surface area contributed by atoms with Crippen molar-refractivity contribution in [2.45, 2.75) is 13.8 Å². The number of nitro groups is 3. The molecule has 0 aliphatic carbocycles. The molecule has 3 aromatic carbocycles. The normalized spacial score (nSPS) is 10.6. The molecule has 0 saturated heterocycles. The van der Waals surface area contributed by atoms with Crippen LogP contribution in [0.25, 0.3) is 0 Å². The van der Waals surface area contributed by atoms with Gasteiger partial charge in [-0.3, -0.25) is 35.1 Å². The molecule has 0 bridgehead atoms. The van der Waals surface area contributed by atoms with E-state index in [0.717, 1.165) is 18.2 Å². The van der Waals surface area contributed by atoms with Crippen molar-refractivity contribution in [1.29, 1.82) is 0 Å². The lowest BCUT2D eigenvalue weighted by Crippen LogP contribution is -2.24.